The van der Waals surface area contributed by atoms with Crippen LogP contribution in [0.15, 0.2) is 48.5 Å². The van der Waals surface area contributed by atoms with E-state index in [0.29, 0.717) is 30.2 Å². The van der Waals surface area contributed by atoms with Gasteiger partial charge in [0.1, 0.15) is 18.0 Å². The molecule has 0 aliphatic rings. The highest BCUT2D eigenvalue weighted by molar-refractivity contribution is 5.96. The number of benzene rings is 2. The van der Waals surface area contributed by atoms with Crippen molar-refractivity contribution in [3.63, 3.8) is 0 Å². The van der Waals surface area contributed by atoms with E-state index in [-0.39, 0.29) is 12.5 Å². The van der Waals surface area contributed by atoms with Gasteiger partial charge in [-0.1, -0.05) is 18.2 Å². The zero-order valence-electron chi connectivity index (χ0n) is 17.3. The molecule has 2 amide bonds. The Bertz CT molecular complexity index is 866. The number of para-hydroxylation sites is 1. The Labute approximate surface area is 175 Å². The first-order valence-electron chi connectivity index (χ1n) is 9.47. The van der Waals surface area contributed by atoms with Crippen LogP contribution in [0.3, 0.4) is 0 Å². The summed E-state index contributed by atoms with van der Waals surface area (Å²) in [6.07, 6.45) is 0. The summed E-state index contributed by atoms with van der Waals surface area (Å²) in [5, 5.41) is 2.46. The maximum Gasteiger partial charge on any atom is 0.325 e. The highest BCUT2D eigenvalue weighted by Gasteiger charge is 2.15. The molecule has 0 spiro atoms. The van der Waals surface area contributed by atoms with Gasteiger partial charge >= 0.3 is 5.97 Å². The molecule has 160 valence electrons. The van der Waals surface area contributed by atoms with E-state index in [1.165, 1.54) is 4.90 Å². The maximum absolute atomic E-state index is 12.2. The van der Waals surface area contributed by atoms with Gasteiger partial charge in [0.2, 0.25) is 0 Å². The molecule has 2 aromatic rings. The van der Waals surface area contributed by atoms with Gasteiger partial charge in [-0.15, -0.1) is 0 Å². The molecule has 0 heterocycles. The van der Waals surface area contributed by atoms with Crippen molar-refractivity contribution in [2.24, 2.45) is 0 Å². The second-order valence-corrected chi connectivity index (χ2v) is 6.36. The van der Waals surface area contributed by atoms with Crippen molar-refractivity contribution in [3.8, 4) is 11.5 Å². The van der Waals surface area contributed by atoms with Crippen molar-refractivity contribution >= 4 is 17.8 Å². The number of methoxy groups -OCH3 is 1. The van der Waals surface area contributed by atoms with E-state index in [1.807, 2.05) is 25.1 Å². The van der Waals surface area contributed by atoms with Gasteiger partial charge in [-0.25, -0.2) is 0 Å². The molecule has 0 saturated heterocycles. The first-order chi connectivity index (χ1) is 14.4. The highest BCUT2D eigenvalue weighted by atomic mass is 16.5. The maximum atomic E-state index is 12.2. The summed E-state index contributed by atoms with van der Waals surface area (Å²) in [6, 6.07) is 13.9. The van der Waals surface area contributed by atoms with Gasteiger partial charge < -0.3 is 24.4 Å². The summed E-state index contributed by atoms with van der Waals surface area (Å²) < 4.78 is 15.5. The fourth-order valence-electron chi connectivity index (χ4n) is 2.60. The summed E-state index contributed by atoms with van der Waals surface area (Å²) in [5.74, 6) is -0.162. The van der Waals surface area contributed by atoms with Gasteiger partial charge in [-0.05, 0) is 37.3 Å². The molecular weight excluding hydrogens is 388 g/mol. The van der Waals surface area contributed by atoms with E-state index in [2.05, 4.69) is 5.32 Å². The van der Waals surface area contributed by atoms with Crippen molar-refractivity contribution in [1.29, 1.82) is 0 Å². The zero-order valence-corrected chi connectivity index (χ0v) is 17.3. The standard InChI is InChI=1S/C22H26N2O6/c1-4-29-18-11-9-16(10-12-18)22(27)23-13-21(26)30-15-20(25)24(2)14-17-7-5-6-8-19(17)28-3/h5-12H,4,13-15H2,1-3H3,(H,23,27). The molecule has 0 aromatic heterocycles. The molecule has 8 heteroatoms. The lowest BCUT2D eigenvalue weighted by Gasteiger charge is -2.18. The minimum atomic E-state index is -0.701. The van der Waals surface area contributed by atoms with E-state index >= 15 is 0 Å². The molecule has 2 aromatic carbocycles. The number of carbonyl (C=O) groups excluding carboxylic acids is 3. The van der Waals surface area contributed by atoms with E-state index in [9.17, 15) is 14.4 Å². The molecule has 0 atom stereocenters. The van der Waals surface area contributed by atoms with Gasteiger partial charge in [0.05, 0.1) is 13.7 Å². The van der Waals surface area contributed by atoms with Gasteiger partial charge in [-0.2, -0.15) is 0 Å². The zero-order chi connectivity index (χ0) is 21.9. The quantitative estimate of drug-likeness (QED) is 0.598. The van der Waals surface area contributed by atoms with Gasteiger partial charge in [-0.3, -0.25) is 14.4 Å². The molecule has 8 nitrogen and oxygen atoms in total. The monoisotopic (exact) mass is 414 g/mol. The number of nitrogens with one attached hydrogen (secondary N) is 1. The number of amides is 2. The topological polar surface area (TPSA) is 94.2 Å². The van der Waals surface area contributed by atoms with Crippen LogP contribution in [0.25, 0.3) is 0 Å². The molecule has 0 saturated carbocycles. The lowest BCUT2D eigenvalue weighted by atomic mass is 10.2. The predicted molar refractivity (Wildman–Crippen MR) is 110 cm³/mol. The van der Waals surface area contributed by atoms with Crippen LogP contribution >= 0.6 is 0 Å². The van der Waals surface area contributed by atoms with Crippen LogP contribution in [0.4, 0.5) is 0 Å². The molecule has 0 bridgehead atoms. The molecule has 1 N–H and O–H groups in total. The third kappa shape index (κ3) is 6.80. The second-order valence-electron chi connectivity index (χ2n) is 6.36. The number of likely N-dealkylation sites (N-methyl/N-ethyl adjacent to an activating group) is 1. The number of carbonyl (C=O) groups is 3. The van der Waals surface area contributed by atoms with Crippen molar-refractivity contribution in [2.75, 3.05) is 33.9 Å². The number of hydrogen-bond donors (Lipinski definition) is 1. The Morgan fingerprint density at radius 3 is 2.40 bits per heavy atom. The molecule has 30 heavy (non-hydrogen) atoms. The van der Waals surface area contributed by atoms with Gasteiger partial charge in [0.25, 0.3) is 11.8 Å². The van der Waals surface area contributed by atoms with Crippen LogP contribution in [0.5, 0.6) is 11.5 Å². The van der Waals surface area contributed by atoms with Crippen LogP contribution in [0.1, 0.15) is 22.8 Å². The Hall–Kier alpha value is -3.55. The van der Waals surface area contributed by atoms with Crippen molar-refractivity contribution in [3.05, 3.63) is 59.7 Å². The van der Waals surface area contributed by atoms with E-state index < -0.39 is 18.5 Å². The molecule has 0 aliphatic carbocycles. The number of esters is 1. The lowest BCUT2D eigenvalue weighted by Crippen LogP contribution is -2.34. The Kier molecular flexibility index (Phi) is 8.68. The lowest BCUT2D eigenvalue weighted by molar-refractivity contribution is -0.150. The fraction of sp³-hybridized carbons (Fsp3) is 0.318. The van der Waals surface area contributed by atoms with Crippen LogP contribution in [0.2, 0.25) is 0 Å². The molecule has 0 aliphatic heterocycles. The second kappa shape index (κ2) is 11.5. The normalized spacial score (nSPS) is 10.1. The van der Waals surface area contributed by atoms with Crippen molar-refractivity contribution in [2.45, 2.75) is 13.5 Å². The first-order valence-corrected chi connectivity index (χ1v) is 9.47. The minimum Gasteiger partial charge on any atom is -0.496 e. The van der Waals surface area contributed by atoms with Crippen LogP contribution in [0, 0.1) is 0 Å². The summed E-state index contributed by atoms with van der Waals surface area (Å²) in [6.45, 7) is 1.96. The largest absolute Gasteiger partial charge is 0.496 e. The summed E-state index contributed by atoms with van der Waals surface area (Å²) in [5.41, 5.74) is 1.23. The van der Waals surface area contributed by atoms with Crippen molar-refractivity contribution < 1.29 is 28.6 Å². The van der Waals surface area contributed by atoms with Gasteiger partial charge in [0.15, 0.2) is 6.61 Å². The number of nitrogens with zero attached hydrogens (tertiary/aromatic N) is 1. The van der Waals surface area contributed by atoms with E-state index in [0.717, 1.165) is 5.56 Å². The first kappa shape index (κ1) is 22.7. The SMILES string of the molecule is CCOc1ccc(C(=O)NCC(=O)OCC(=O)N(C)Cc2ccccc2OC)cc1. The Balaban J connectivity index is 1.75. The third-order valence-corrected chi connectivity index (χ3v) is 4.20. The molecular formula is C22H26N2O6. The predicted octanol–water partition coefficient (Wildman–Crippen LogP) is 2.03. The van der Waals surface area contributed by atoms with E-state index in [1.54, 1.807) is 44.5 Å². The Morgan fingerprint density at radius 1 is 1.03 bits per heavy atom. The van der Waals surface area contributed by atoms with Crippen LogP contribution < -0.4 is 14.8 Å². The molecule has 2 rings (SSSR count). The summed E-state index contributed by atoms with van der Waals surface area (Å²) in [7, 11) is 3.17. The number of rotatable bonds is 10. The highest BCUT2D eigenvalue weighted by Crippen LogP contribution is 2.18. The Morgan fingerprint density at radius 2 is 1.73 bits per heavy atom. The smallest absolute Gasteiger partial charge is 0.325 e. The molecule has 0 unspecified atom stereocenters. The fourth-order valence-corrected chi connectivity index (χ4v) is 2.60. The molecule has 0 radical (unpaired) electrons. The average Bonchev–Trinajstić information content (AvgIpc) is 2.76. The summed E-state index contributed by atoms with van der Waals surface area (Å²) >= 11 is 0. The number of hydrogen-bond acceptors (Lipinski definition) is 6. The summed E-state index contributed by atoms with van der Waals surface area (Å²) in [4.78, 5) is 37.6. The van der Waals surface area contributed by atoms with Crippen molar-refractivity contribution in [1.82, 2.24) is 10.2 Å². The third-order valence-electron chi connectivity index (χ3n) is 4.20. The molecule has 0 fully saturated rings. The average molecular weight is 414 g/mol. The van der Waals surface area contributed by atoms with Gasteiger partial charge in [0, 0.05) is 24.7 Å². The van der Waals surface area contributed by atoms with Crippen LogP contribution in [-0.2, 0) is 20.9 Å². The minimum absolute atomic E-state index is 0.314. The number of ether oxygens (including phenoxy) is 3. The van der Waals surface area contributed by atoms with Crippen LogP contribution in [-0.4, -0.2) is 56.6 Å². The van der Waals surface area contributed by atoms with E-state index in [4.69, 9.17) is 14.2 Å².